The van der Waals surface area contributed by atoms with Crippen LogP contribution in [0.15, 0.2) is 140 Å². The number of nitrogens with zero attached hydrogens (tertiary/aromatic N) is 2. The van der Waals surface area contributed by atoms with E-state index < -0.39 is 6.85 Å². The van der Waals surface area contributed by atoms with E-state index in [1.165, 1.54) is 71.7 Å². The Kier molecular flexibility index (Phi) is 10.3. The molecule has 1 fully saturated rings. The molecule has 0 bridgehead atoms. The van der Waals surface area contributed by atoms with Crippen LogP contribution in [-0.2, 0) is 38.4 Å². The van der Waals surface area contributed by atoms with E-state index in [2.05, 4.69) is 127 Å². The van der Waals surface area contributed by atoms with Crippen LogP contribution >= 0.6 is 0 Å². The molecule has 0 aliphatic heterocycles. The number of hydrogen-bond acceptors (Lipinski definition) is 2. The Bertz CT molecular complexity index is 2430. The third-order valence-electron chi connectivity index (χ3n) is 11.0. The fourth-order valence-corrected chi connectivity index (χ4v) is 8.00. The Hall–Kier alpha value is -4.95. The van der Waals surface area contributed by atoms with E-state index >= 15 is 0 Å². The van der Waals surface area contributed by atoms with Gasteiger partial charge in [0.1, 0.15) is 0 Å². The average molecular weight is 882 g/mol. The summed E-state index contributed by atoms with van der Waals surface area (Å²) in [6.07, 6.45) is 11.4. The van der Waals surface area contributed by atoms with Crippen LogP contribution in [0, 0.1) is 25.9 Å². The van der Waals surface area contributed by atoms with E-state index in [9.17, 15) is 0 Å². The molecule has 0 amide bonds. The third kappa shape index (κ3) is 8.24. The van der Waals surface area contributed by atoms with Crippen molar-refractivity contribution in [3.8, 4) is 55.9 Å². The number of aromatic nitrogens is 2. The van der Waals surface area contributed by atoms with Gasteiger partial charge in [-0.3, -0.25) is 0 Å². The normalized spacial score (nSPS) is 14.7. The minimum absolute atomic E-state index is 0. The first-order valence-corrected chi connectivity index (χ1v) is 18.9. The Labute approximate surface area is 339 Å². The average Bonchev–Trinajstić information content (AvgIpc) is 3.23. The van der Waals surface area contributed by atoms with Crippen LogP contribution in [0.25, 0.3) is 55.9 Å². The van der Waals surface area contributed by atoms with E-state index in [1.54, 1.807) is 0 Å². The number of benzene rings is 5. The van der Waals surface area contributed by atoms with Gasteiger partial charge in [0, 0.05) is 36.6 Å². The second kappa shape index (κ2) is 16.6. The van der Waals surface area contributed by atoms with Crippen LogP contribution in [0.4, 0.5) is 0 Å². The van der Waals surface area contributed by atoms with Gasteiger partial charge in [0.2, 0.25) is 0 Å². The molecule has 1 aliphatic rings. The molecule has 1 saturated carbocycles. The molecule has 0 atom stereocenters. The van der Waals surface area contributed by atoms with Crippen LogP contribution in [-0.4, -0.2) is 9.97 Å². The Morgan fingerprint density at radius 3 is 2.04 bits per heavy atom. The van der Waals surface area contributed by atoms with Crippen LogP contribution in [0.3, 0.4) is 0 Å². The van der Waals surface area contributed by atoms with Gasteiger partial charge in [-0.2, -0.15) is 0 Å². The number of rotatable bonds is 9. The predicted octanol–water partition coefficient (Wildman–Crippen LogP) is 13.0. The van der Waals surface area contributed by atoms with Gasteiger partial charge in [-0.25, -0.2) is 0 Å². The Morgan fingerprint density at radius 1 is 0.630 bits per heavy atom. The van der Waals surface area contributed by atoms with Crippen molar-refractivity contribution in [3.05, 3.63) is 180 Å². The minimum atomic E-state index is -2.29. The molecule has 1 aliphatic carbocycles. The molecule has 0 saturated heterocycles. The van der Waals surface area contributed by atoms with Gasteiger partial charge in [-0.15, -0.1) is 65.2 Å². The van der Waals surface area contributed by atoms with Gasteiger partial charge < -0.3 is 9.97 Å². The van der Waals surface area contributed by atoms with Crippen molar-refractivity contribution < 1.29 is 24.2 Å². The molecule has 2 aromatic heterocycles. The quantitative estimate of drug-likeness (QED) is 0.135. The zero-order valence-corrected chi connectivity index (χ0v) is 33.4. The fraction of sp³-hybridized carbons (Fsp3) is 0.216. The molecular weight excluding hydrogens is 833 g/mol. The molecule has 271 valence electrons. The van der Waals surface area contributed by atoms with Crippen LogP contribution in [0.1, 0.15) is 71.0 Å². The molecule has 0 spiro atoms. The summed E-state index contributed by atoms with van der Waals surface area (Å²) in [6, 6.07) is 51.3. The summed E-state index contributed by atoms with van der Waals surface area (Å²) in [5.41, 5.74) is 15.1. The first kappa shape index (κ1) is 33.6. The second-order valence-corrected chi connectivity index (χ2v) is 14.9. The molecule has 3 heteroatoms. The molecule has 7 aromatic rings. The van der Waals surface area contributed by atoms with Crippen molar-refractivity contribution in [2.75, 3.05) is 0 Å². The minimum Gasteiger partial charge on any atom is -0.305 e. The van der Waals surface area contributed by atoms with Gasteiger partial charge in [-0.1, -0.05) is 134 Å². The first-order chi connectivity index (χ1) is 27.1. The molecule has 0 unspecified atom stereocenters. The summed E-state index contributed by atoms with van der Waals surface area (Å²) < 4.78 is 24.9. The molecule has 54 heavy (non-hydrogen) atoms. The van der Waals surface area contributed by atoms with Crippen molar-refractivity contribution in [1.29, 1.82) is 0 Å². The van der Waals surface area contributed by atoms with E-state index in [0.29, 0.717) is 11.3 Å². The smallest absolute Gasteiger partial charge is 0.0280 e. The topological polar surface area (TPSA) is 25.8 Å². The maximum absolute atomic E-state index is 8.29. The number of hydrogen-bond donors (Lipinski definition) is 0. The van der Waals surface area contributed by atoms with Gasteiger partial charge in [0.25, 0.3) is 0 Å². The maximum atomic E-state index is 8.29. The molecular formula is C51H46IrN2-2. The van der Waals surface area contributed by atoms with Crippen LogP contribution in [0.5, 0.6) is 0 Å². The summed E-state index contributed by atoms with van der Waals surface area (Å²) in [7, 11) is 0. The fourth-order valence-electron chi connectivity index (χ4n) is 8.00. The second-order valence-electron chi connectivity index (χ2n) is 14.9. The SMILES string of the molecule is [2H]C([2H])([2H])c1cnc(-c2[c-]cc(-c3ccccc3-c3cc(C)cc(CCc4c[c-]c(-c5ccccn5)cc4)c3)cc2)cc1-c1ccc(C2(C)CCCCC2)cc1.[Ir]. The molecule has 2 heterocycles. The monoisotopic (exact) mass is 882 g/mol. The van der Waals surface area contributed by atoms with Crippen molar-refractivity contribution in [1.82, 2.24) is 9.97 Å². The van der Waals surface area contributed by atoms with Crippen LogP contribution in [0.2, 0.25) is 0 Å². The predicted molar refractivity (Wildman–Crippen MR) is 221 cm³/mol. The Morgan fingerprint density at radius 2 is 1.33 bits per heavy atom. The zero-order chi connectivity index (χ0) is 38.7. The van der Waals surface area contributed by atoms with E-state index in [-0.39, 0.29) is 31.1 Å². The van der Waals surface area contributed by atoms with E-state index in [0.717, 1.165) is 46.4 Å². The van der Waals surface area contributed by atoms with E-state index in [4.69, 9.17) is 4.11 Å². The largest absolute Gasteiger partial charge is 0.305 e. The number of aryl methyl sites for hydroxylation is 4. The van der Waals surface area contributed by atoms with Gasteiger partial charge in [0.05, 0.1) is 0 Å². The summed E-state index contributed by atoms with van der Waals surface area (Å²) in [6.45, 7) is 2.24. The summed E-state index contributed by atoms with van der Waals surface area (Å²) >= 11 is 0. The standard InChI is InChI=1S/C51H46N2.Ir/c1-36-31-39(15-14-38-16-18-42(19-17-38)49-13-7-10-30-52-49)33-44(32-36)47-12-6-5-11-46(47)40-20-22-43(23-21-40)50-34-48(37(2)35-53-50)41-24-26-45(27-25-41)51(3)28-8-4-9-29-51;/h5-7,10-13,16-18,20-22,24-27,30-35H,4,8-9,14-15,28-29H2,1-3H3;/q-2;/i2D3;. The molecule has 5 aromatic carbocycles. The number of pyridine rings is 2. The molecule has 1 radical (unpaired) electrons. The van der Waals surface area contributed by atoms with Crippen molar-refractivity contribution in [3.63, 3.8) is 0 Å². The maximum Gasteiger partial charge on any atom is 0.0280 e. The zero-order valence-electron chi connectivity index (χ0n) is 34.0. The summed E-state index contributed by atoms with van der Waals surface area (Å²) in [5, 5.41) is 0. The van der Waals surface area contributed by atoms with Crippen LogP contribution < -0.4 is 0 Å². The van der Waals surface area contributed by atoms with Gasteiger partial charge in [-0.05, 0) is 94.9 Å². The summed E-state index contributed by atoms with van der Waals surface area (Å²) in [4.78, 5) is 9.11. The third-order valence-corrected chi connectivity index (χ3v) is 11.0. The van der Waals surface area contributed by atoms with Gasteiger partial charge in [0.15, 0.2) is 0 Å². The van der Waals surface area contributed by atoms with Crippen molar-refractivity contribution >= 4 is 0 Å². The Balaban J connectivity index is 0.00000496. The molecule has 8 rings (SSSR count). The first-order valence-electron chi connectivity index (χ1n) is 20.4. The van der Waals surface area contributed by atoms with Gasteiger partial charge >= 0.3 is 0 Å². The van der Waals surface area contributed by atoms with Crippen molar-refractivity contribution in [2.45, 2.75) is 71.1 Å². The van der Waals surface area contributed by atoms with E-state index in [1.807, 2.05) is 42.6 Å². The molecule has 0 N–H and O–H groups in total. The van der Waals surface area contributed by atoms with Crippen molar-refractivity contribution in [2.24, 2.45) is 0 Å². The summed E-state index contributed by atoms with van der Waals surface area (Å²) in [5.74, 6) is 0. The molecule has 2 nitrogen and oxygen atoms in total.